The van der Waals surface area contributed by atoms with Crippen LogP contribution in [-0.2, 0) is 20.0 Å². The van der Waals surface area contributed by atoms with Gasteiger partial charge in [0.1, 0.15) is 16.5 Å². The van der Waals surface area contributed by atoms with Crippen molar-refractivity contribution >= 4 is 20.0 Å². The Morgan fingerprint density at radius 3 is 2.33 bits per heavy atom. The zero-order valence-electron chi connectivity index (χ0n) is 14.5. The van der Waals surface area contributed by atoms with E-state index < -0.39 is 25.9 Å². The average Bonchev–Trinajstić information content (AvgIpc) is 3.06. The Morgan fingerprint density at radius 2 is 1.74 bits per heavy atom. The molecule has 2 aromatic rings. The third-order valence-electron chi connectivity index (χ3n) is 4.25. The fourth-order valence-electron chi connectivity index (χ4n) is 2.87. The Labute approximate surface area is 156 Å². The van der Waals surface area contributed by atoms with E-state index in [-0.39, 0.29) is 41.8 Å². The fraction of sp³-hybridized carbons (Fsp3) is 0.400. The summed E-state index contributed by atoms with van der Waals surface area (Å²) in [4.78, 5) is 5.98. The number of methoxy groups -OCH3 is 1. The minimum Gasteiger partial charge on any atom is -0.495 e. The summed E-state index contributed by atoms with van der Waals surface area (Å²) in [6.07, 6.45) is 2.76. The predicted molar refractivity (Wildman–Crippen MR) is 93.7 cm³/mol. The van der Waals surface area contributed by atoms with Crippen LogP contribution in [0.5, 0.6) is 5.75 Å². The van der Waals surface area contributed by atoms with Crippen LogP contribution in [0.1, 0.15) is 6.42 Å². The number of aromatic amines is 1. The number of halogens is 1. The summed E-state index contributed by atoms with van der Waals surface area (Å²) in [5.74, 6) is -0.671. The molecule has 9 nitrogen and oxygen atoms in total. The van der Waals surface area contributed by atoms with Crippen LogP contribution in [0.2, 0.25) is 0 Å². The molecule has 0 atom stereocenters. The van der Waals surface area contributed by atoms with Gasteiger partial charge in [-0.2, -0.15) is 8.61 Å². The number of hydrogen-bond acceptors (Lipinski definition) is 6. The molecule has 0 bridgehead atoms. The number of nitrogens with one attached hydrogen (secondary N) is 1. The van der Waals surface area contributed by atoms with E-state index in [1.807, 2.05) is 0 Å². The van der Waals surface area contributed by atoms with E-state index in [0.29, 0.717) is 6.42 Å². The summed E-state index contributed by atoms with van der Waals surface area (Å²) in [7, 11) is -6.53. The van der Waals surface area contributed by atoms with Gasteiger partial charge in [-0.1, -0.05) is 0 Å². The molecule has 1 aliphatic rings. The van der Waals surface area contributed by atoms with Gasteiger partial charge in [0.2, 0.25) is 10.0 Å². The smallest absolute Gasteiger partial charge is 0.260 e. The number of sulfonamides is 2. The number of H-pyrrole nitrogens is 1. The van der Waals surface area contributed by atoms with E-state index in [2.05, 4.69) is 9.97 Å². The molecule has 3 rings (SSSR count). The lowest BCUT2D eigenvalue weighted by molar-refractivity contribution is 0.386. The van der Waals surface area contributed by atoms with Crippen molar-refractivity contribution in [3.05, 3.63) is 36.5 Å². The molecule has 1 aromatic carbocycles. The Kier molecular flexibility index (Phi) is 5.51. The number of rotatable bonds is 5. The van der Waals surface area contributed by atoms with Crippen LogP contribution in [0.4, 0.5) is 4.39 Å². The molecule has 27 heavy (non-hydrogen) atoms. The van der Waals surface area contributed by atoms with Crippen LogP contribution < -0.4 is 4.74 Å². The average molecular weight is 418 g/mol. The Balaban J connectivity index is 1.85. The minimum absolute atomic E-state index is 0.0295. The number of aromatic nitrogens is 2. The maximum atomic E-state index is 13.6. The molecule has 0 radical (unpaired) electrons. The molecule has 1 aromatic heterocycles. The van der Waals surface area contributed by atoms with Crippen molar-refractivity contribution in [2.45, 2.75) is 16.3 Å². The topological polar surface area (TPSA) is 113 Å². The number of imidazole rings is 1. The number of benzene rings is 1. The van der Waals surface area contributed by atoms with Gasteiger partial charge < -0.3 is 9.72 Å². The van der Waals surface area contributed by atoms with Crippen LogP contribution in [0, 0.1) is 5.82 Å². The molecule has 1 fully saturated rings. The summed E-state index contributed by atoms with van der Waals surface area (Å²) in [6.45, 7) is 0.179. The lowest BCUT2D eigenvalue weighted by atomic mass is 10.3. The summed E-state index contributed by atoms with van der Waals surface area (Å²) in [6, 6.07) is 3.26. The highest BCUT2D eigenvalue weighted by molar-refractivity contribution is 7.89. The second kappa shape index (κ2) is 7.54. The van der Waals surface area contributed by atoms with Gasteiger partial charge in [0.25, 0.3) is 10.0 Å². The molecule has 12 heteroatoms. The van der Waals surface area contributed by atoms with Gasteiger partial charge >= 0.3 is 0 Å². The van der Waals surface area contributed by atoms with E-state index in [0.717, 1.165) is 16.4 Å². The molecule has 2 heterocycles. The van der Waals surface area contributed by atoms with Crippen molar-refractivity contribution in [3.63, 3.8) is 0 Å². The zero-order chi connectivity index (χ0) is 19.7. The van der Waals surface area contributed by atoms with E-state index in [9.17, 15) is 21.2 Å². The van der Waals surface area contributed by atoms with Crippen molar-refractivity contribution in [1.82, 2.24) is 18.6 Å². The van der Waals surface area contributed by atoms with Gasteiger partial charge in [-0.15, -0.1) is 0 Å². The first-order chi connectivity index (χ1) is 12.8. The number of hydrogen-bond donors (Lipinski definition) is 1. The molecule has 0 aliphatic carbocycles. The largest absolute Gasteiger partial charge is 0.495 e. The quantitative estimate of drug-likeness (QED) is 0.763. The summed E-state index contributed by atoms with van der Waals surface area (Å²) in [5.41, 5.74) is 0. The normalized spacial score (nSPS) is 17.6. The second-order valence-corrected chi connectivity index (χ2v) is 9.69. The van der Waals surface area contributed by atoms with Gasteiger partial charge in [-0.25, -0.2) is 26.2 Å². The molecule has 0 saturated carbocycles. The monoisotopic (exact) mass is 418 g/mol. The molecule has 0 amide bonds. The molecular weight excluding hydrogens is 399 g/mol. The number of nitrogens with zero attached hydrogens (tertiary/aromatic N) is 3. The van der Waals surface area contributed by atoms with Crippen LogP contribution in [-0.4, -0.2) is 68.7 Å². The first-order valence-electron chi connectivity index (χ1n) is 8.09. The van der Waals surface area contributed by atoms with Crippen molar-refractivity contribution in [2.24, 2.45) is 0 Å². The van der Waals surface area contributed by atoms with Crippen molar-refractivity contribution in [2.75, 3.05) is 33.3 Å². The molecule has 1 aliphatic heterocycles. The summed E-state index contributed by atoms with van der Waals surface area (Å²) < 4.78 is 72.1. The third kappa shape index (κ3) is 3.83. The van der Waals surface area contributed by atoms with Crippen molar-refractivity contribution < 1.29 is 26.0 Å². The molecule has 0 unspecified atom stereocenters. The van der Waals surface area contributed by atoms with Crippen LogP contribution in [0.25, 0.3) is 0 Å². The SMILES string of the molecule is COc1ccc(F)cc1S(=O)(=O)N1CCCN(S(=O)(=O)c2cnc[nH]2)CC1. The van der Waals surface area contributed by atoms with Crippen molar-refractivity contribution in [3.8, 4) is 5.75 Å². The fourth-order valence-corrected chi connectivity index (χ4v) is 5.87. The molecule has 0 spiro atoms. The standard InChI is InChI=1S/C15H19FN4O5S2/c1-25-13-4-3-12(16)9-14(13)26(21,22)19-5-2-6-20(8-7-19)27(23,24)15-10-17-11-18-15/h3-4,9-11H,2,5-8H2,1H3,(H,17,18). The van der Waals surface area contributed by atoms with Gasteiger partial charge in [0, 0.05) is 26.2 Å². The molecule has 1 saturated heterocycles. The van der Waals surface area contributed by atoms with Gasteiger partial charge in [0.15, 0.2) is 5.03 Å². The maximum Gasteiger partial charge on any atom is 0.260 e. The van der Waals surface area contributed by atoms with Gasteiger partial charge in [0.05, 0.1) is 19.6 Å². The summed E-state index contributed by atoms with van der Waals surface area (Å²) >= 11 is 0. The molecular formula is C15H19FN4O5S2. The minimum atomic E-state index is -4.05. The maximum absolute atomic E-state index is 13.6. The zero-order valence-corrected chi connectivity index (χ0v) is 16.1. The Morgan fingerprint density at radius 1 is 1.07 bits per heavy atom. The first kappa shape index (κ1) is 19.7. The highest BCUT2D eigenvalue weighted by Crippen LogP contribution is 2.28. The van der Waals surface area contributed by atoms with E-state index >= 15 is 0 Å². The Hall–Kier alpha value is -2.02. The number of ether oxygens (including phenoxy) is 1. The van der Waals surface area contributed by atoms with Crippen LogP contribution >= 0.6 is 0 Å². The summed E-state index contributed by atoms with van der Waals surface area (Å²) in [5, 5.41) is -0.0504. The first-order valence-corrected chi connectivity index (χ1v) is 11.0. The van der Waals surface area contributed by atoms with Crippen molar-refractivity contribution in [1.29, 1.82) is 0 Å². The van der Waals surface area contributed by atoms with E-state index in [1.54, 1.807) is 0 Å². The van der Waals surface area contributed by atoms with E-state index in [1.165, 1.54) is 30.0 Å². The highest BCUT2D eigenvalue weighted by atomic mass is 32.2. The highest BCUT2D eigenvalue weighted by Gasteiger charge is 2.33. The van der Waals surface area contributed by atoms with Crippen LogP contribution in [0.15, 0.2) is 40.6 Å². The van der Waals surface area contributed by atoms with Gasteiger partial charge in [-0.05, 0) is 24.6 Å². The second-order valence-electron chi connectivity index (χ2n) is 5.87. The van der Waals surface area contributed by atoms with E-state index in [4.69, 9.17) is 4.74 Å². The Bertz CT molecular complexity index is 1010. The van der Waals surface area contributed by atoms with Crippen LogP contribution in [0.3, 0.4) is 0 Å². The molecule has 148 valence electrons. The van der Waals surface area contributed by atoms with Gasteiger partial charge in [-0.3, -0.25) is 0 Å². The molecule has 1 N–H and O–H groups in total. The predicted octanol–water partition coefficient (Wildman–Crippen LogP) is 0.643. The lowest BCUT2D eigenvalue weighted by Gasteiger charge is -2.22. The third-order valence-corrected chi connectivity index (χ3v) is 7.99. The lowest BCUT2D eigenvalue weighted by Crippen LogP contribution is -2.37.